The summed E-state index contributed by atoms with van der Waals surface area (Å²) in [5.41, 5.74) is 5.20. The molecule has 0 bridgehead atoms. The number of nitrogens with one attached hydrogen (secondary N) is 1. The smallest absolute Gasteiger partial charge is 0.296 e. The first-order valence-corrected chi connectivity index (χ1v) is 23.6. The molecule has 2 heterocycles. The van der Waals surface area contributed by atoms with E-state index in [0.717, 1.165) is 49.0 Å². The molecule has 4 rings (SSSR count). The first kappa shape index (κ1) is 47.9. The van der Waals surface area contributed by atoms with Gasteiger partial charge in [0.2, 0.25) is 11.6 Å². The van der Waals surface area contributed by atoms with Gasteiger partial charge in [0.25, 0.3) is 30.4 Å². The van der Waals surface area contributed by atoms with Crippen LogP contribution in [0.15, 0.2) is 82.3 Å². The molecule has 0 aromatic heterocycles. The molecule has 4 N–H and O–H groups in total. The number of rotatable bonds is 23. The molecule has 19 heteroatoms. The fourth-order valence-corrected chi connectivity index (χ4v) is 9.68. The molecule has 59 heavy (non-hydrogen) atoms. The van der Waals surface area contributed by atoms with Gasteiger partial charge in [0.05, 0.1) is 35.2 Å². The monoisotopic (exact) mass is 881 g/mol. The fourth-order valence-electron chi connectivity index (χ4n) is 7.82. The van der Waals surface area contributed by atoms with Crippen molar-refractivity contribution in [2.75, 3.05) is 65.4 Å². The van der Waals surface area contributed by atoms with Gasteiger partial charge in [0, 0.05) is 68.3 Å². The number of carbonyl (C=O) groups is 1. The van der Waals surface area contributed by atoms with E-state index in [1.54, 1.807) is 32.4 Å². The predicted octanol–water partition coefficient (Wildman–Crippen LogP) is 4.39. The summed E-state index contributed by atoms with van der Waals surface area (Å²) in [6.07, 6.45) is 12.9. The normalized spacial score (nSPS) is 20.3. The van der Waals surface area contributed by atoms with Crippen LogP contribution in [-0.2, 0) is 63.8 Å². The van der Waals surface area contributed by atoms with Gasteiger partial charge in [0.15, 0.2) is 12.3 Å². The summed E-state index contributed by atoms with van der Waals surface area (Å²) in [5.74, 6) is 4.76. The molecule has 2 aliphatic rings. The van der Waals surface area contributed by atoms with Crippen LogP contribution in [0.3, 0.4) is 0 Å². The largest absolute Gasteiger partial charge is 0.385 e. The van der Waals surface area contributed by atoms with Gasteiger partial charge in [-0.3, -0.25) is 23.1 Å². The molecule has 0 spiro atoms. The van der Waals surface area contributed by atoms with E-state index in [4.69, 9.17) is 23.7 Å². The van der Waals surface area contributed by atoms with Gasteiger partial charge in [-0.05, 0) is 87.9 Å². The van der Waals surface area contributed by atoms with E-state index in [-0.39, 0.29) is 27.9 Å². The maximum Gasteiger partial charge on any atom is 0.296 e. The highest BCUT2D eigenvalue weighted by atomic mass is 32.2. The van der Waals surface area contributed by atoms with Crippen LogP contribution in [0.25, 0.3) is 0 Å². The van der Waals surface area contributed by atoms with Crippen LogP contribution >= 0.6 is 0 Å². The number of amides is 1. The molecule has 0 saturated carbocycles. The van der Waals surface area contributed by atoms with Gasteiger partial charge in [0.1, 0.15) is 6.61 Å². The molecular formula is C40H57N4O12S3+. The van der Waals surface area contributed by atoms with Crippen LogP contribution in [-0.4, -0.2) is 106 Å². The van der Waals surface area contributed by atoms with E-state index in [1.165, 1.54) is 18.2 Å². The van der Waals surface area contributed by atoms with E-state index in [1.807, 2.05) is 48.8 Å². The minimum absolute atomic E-state index is 0.0265. The van der Waals surface area contributed by atoms with Crippen LogP contribution < -0.4 is 16.2 Å². The second-order valence-corrected chi connectivity index (χ2v) is 19.7. The van der Waals surface area contributed by atoms with E-state index in [9.17, 15) is 34.6 Å². The second kappa shape index (κ2) is 20.2. The summed E-state index contributed by atoms with van der Waals surface area (Å²) in [5, 5.41) is 0. The zero-order valence-electron chi connectivity index (χ0n) is 34.5. The van der Waals surface area contributed by atoms with Gasteiger partial charge in [-0.2, -0.15) is 29.8 Å². The van der Waals surface area contributed by atoms with Crippen molar-refractivity contribution in [3.8, 4) is 0 Å². The van der Waals surface area contributed by atoms with Crippen LogP contribution in [0.4, 0.5) is 11.4 Å². The van der Waals surface area contributed by atoms with Gasteiger partial charge in [-0.15, -0.1) is 0 Å². The van der Waals surface area contributed by atoms with Gasteiger partial charge < -0.3 is 14.4 Å². The van der Waals surface area contributed by atoms with Crippen LogP contribution in [0.1, 0.15) is 69.9 Å². The van der Waals surface area contributed by atoms with Crippen LogP contribution in [0, 0.1) is 0 Å². The second-order valence-electron chi connectivity index (χ2n) is 14.7. The Hall–Kier alpha value is -3.79. The number of nitrogens with two attached hydrogens (primary N) is 1. The summed E-state index contributed by atoms with van der Waals surface area (Å²) in [4.78, 5) is 13.6. The Morgan fingerprint density at radius 1 is 0.831 bits per heavy atom. The zero-order valence-corrected chi connectivity index (χ0v) is 36.9. The maximum absolute atomic E-state index is 12.8. The lowest BCUT2D eigenvalue weighted by atomic mass is 9.76. The van der Waals surface area contributed by atoms with E-state index in [0.29, 0.717) is 64.0 Å². The van der Waals surface area contributed by atoms with Crippen molar-refractivity contribution < 1.29 is 57.0 Å². The van der Waals surface area contributed by atoms with Crippen molar-refractivity contribution in [2.45, 2.75) is 79.4 Å². The molecule has 2 unspecified atom stereocenters. The van der Waals surface area contributed by atoms with E-state index < -0.39 is 41.2 Å². The Bertz CT molecular complexity index is 2310. The summed E-state index contributed by atoms with van der Waals surface area (Å²) in [7, 11) is -6.91. The predicted molar refractivity (Wildman–Crippen MR) is 224 cm³/mol. The topological polar surface area (TPSA) is 221 Å². The molecule has 0 fully saturated rings. The number of hydrogen-bond acceptors (Lipinski definition) is 13. The lowest BCUT2D eigenvalue weighted by Crippen LogP contribution is -2.32. The number of unbranched alkanes of at least 4 members (excludes halogenated alkanes) is 2. The highest BCUT2D eigenvalue weighted by Crippen LogP contribution is 2.51. The molecule has 326 valence electrons. The molecule has 2 aliphatic heterocycles. The molecule has 16 nitrogen and oxygen atoms in total. The molecule has 1 amide bonds. The Labute approximate surface area is 348 Å². The quantitative estimate of drug-likeness (QED) is 0.0206. The zero-order chi connectivity index (χ0) is 43.6. The maximum atomic E-state index is 12.8. The number of anilines is 1. The number of nitrogens with zero attached hydrogens (tertiary/aromatic N) is 2. The number of hydrogen-bond donors (Lipinski definition) is 3. The highest BCUT2D eigenvalue weighted by molar-refractivity contribution is 7.87. The Balaban J connectivity index is 1.79. The minimum Gasteiger partial charge on any atom is -0.385 e. The summed E-state index contributed by atoms with van der Waals surface area (Å²) < 4.78 is 107. The van der Waals surface area contributed by atoms with Crippen molar-refractivity contribution in [2.24, 2.45) is 5.84 Å². The average molecular weight is 882 g/mol. The number of carbonyl (C=O) groups excluding carboxylic acids is 1. The van der Waals surface area contributed by atoms with Crippen molar-refractivity contribution >= 4 is 53.3 Å². The number of allylic oxidation sites excluding steroid dienone is 6. The highest BCUT2D eigenvalue weighted by Gasteiger charge is 2.48. The van der Waals surface area contributed by atoms with Crippen molar-refractivity contribution in [3.05, 3.63) is 83.6 Å². The summed E-state index contributed by atoms with van der Waals surface area (Å²) >= 11 is 0. The van der Waals surface area contributed by atoms with Crippen molar-refractivity contribution in [1.29, 1.82) is 0 Å². The molecule has 0 radical (unpaired) electrons. The number of benzene rings is 2. The Morgan fingerprint density at radius 3 is 2.17 bits per heavy atom. The SMILES string of the molecule is COCC[N+]1=C(C=CC=CC=C2N(CCCCCC(=O)NN)c3ccc(S(=O)(=O)O)cc3C2(C)CCOC)C(C)(CCCS(=O)(=O)OC)c2cc(S(=O)(=O)OC)ccc21. The Morgan fingerprint density at radius 2 is 1.53 bits per heavy atom. The lowest BCUT2D eigenvalue weighted by Gasteiger charge is -2.30. The van der Waals surface area contributed by atoms with Crippen LogP contribution in [0.2, 0.25) is 0 Å². The number of fused-ring (bicyclic) bond motifs is 2. The first-order chi connectivity index (χ1) is 27.8. The average Bonchev–Trinajstić information content (AvgIpc) is 3.57. The van der Waals surface area contributed by atoms with Gasteiger partial charge >= 0.3 is 0 Å². The van der Waals surface area contributed by atoms with Gasteiger partial charge in [-0.1, -0.05) is 24.6 Å². The third kappa shape index (κ3) is 11.1. The lowest BCUT2D eigenvalue weighted by molar-refractivity contribution is -0.441. The Kier molecular flexibility index (Phi) is 16.4. The molecule has 0 aliphatic carbocycles. The van der Waals surface area contributed by atoms with E-state index >= 15 is 0 Å². The first-order valence-electron chi connectivity index (χ1n) is 19.1. The molecule has 2 atom stereocenters. The third-order valence-corrected chi connectivity index (χ3v) is 14.5. The molecule has 2 aromatic rings. The standard InChI is InChI=1S/C40H56N4O12S3/c1-39(21-13-27-57(46,47)55-5)33-29-31(59(51,52)56-6)18-20-35(33)44(24-26-54-4)36(39)14-9-7-10-15-37-40(2,22-25-53-3)32-28-30(58(48,49)50)17-19-34(32)43(37)23-12-8-11-16-38(45)42-41/h7,9-10,14-15,17-20,28-29H,8,11-13,16,21-27,41H2,1-6H3,(H-,42,45,48,49,50)/p+1. The number of hydrazine groups is 1. The van der Waals surface area contributed by atoms with Crippen molar-refractivity contribution in [3.63, 3.8) is 0 Å². The minimum atomic E-state index is -4.49. The number of ether oxygens (including phenoxy) is 2. The summed E-state index contributed by atoms with van der Waals surface area (Å²) in [6, 6.07) is 9.36. The fraction of sp³-hybridized carbons (Fsp3) is 0.500. The third-order valence-electron chi connectivity index (χ3n) is 11.1. The molecule has 2 aromatic carbocycles. The molecular weight excluding hydrogens is 825 g/mol. The van der Waals surface area contributed by atoms with E-state index in [2.05, 4.69) is 10.3 Å². The van der Waals surface area contributed by atoms with Crippen molar-refractivity contribution in [1.82, 2.24) is 5.43 Å². The summed E-state index contributed by atoms with van der Waals surface area (Å²) in [6.45, 7) is 5.65. The number of methoxy groups -OCH3 is 2. The molecule has 0 saturated heterocycles. The van der Waals surface area contributed by atoms with Gasteiger partial charge in [-0.25, -0.2) is 5.84 Å². The van der Waals surface area contributed by atoms with Crippen LogP contribution in [0.5, 0.6) is 0 Å².